The molecule has 0 amide bonds. The summed E-state index contributed by atoms with van der Waals surface area (Å²) >= 11 is 0. The molecule has 0 radical (unpaired) electrons. The number of benzene rings is 8. The standard InChI is InChI=1S/C44H28N2/c1-2-14-33(15-3-1)45-40-20-10-9-19-37(40)39-27-29(23-25-42(39)45)30-22-24-38-36-18-8-11-21-41(36)46(43(38)28-30)44-34-16-6-4-12-31(34)26-32-13-5-7-17-35(32)44/h1-28H. The molecule has 0 atom stereocenters. The average Bonchev–Trinajstić information content (AvgIpc) is 3.63. The SMILES string of the molecule is c1ccc(-n2c3ccccc3c3cc(-c4ccc5c6ccccc6n(-c6c7ccccc7cc7ccccc67)c5c4)ccc32)cc1. The third-order valence-electron chi connectivity index (χ3n) is 9.66. The number of hydrogen-bond donors (Lipinski definition) is 0. The maximum absolute atomic E-state index is 2.50. The van der Waals surface area contributed by atoms with Crippen molar-refractivity contribution >= 4 is 65.2 Å². The van der Waals surface area contributed by atoms with Gasteiger partial charge in [0.05, 0.1) is 27.8 Å². The van der Waals surface area contributed by atoms with Crippen LogP contribution in [0.5, 0.6) is 0 Å². The molecule has 46 heavy (non-hydrogen) atoms. The van der Waals surface area contributed by atoms with Crippen LogP contribution in [0.15, 0.2) is 170 Å². The van der Waals surface area contributed by atoms with E-state index in [1.54, 1.807) is 0 Å². The van der Waals surface area contributed by atoms with Crippen molar-refractivity contribution in [2.75, 3.05) is 0 Å². The van der Waals surface area contributed by atoms with Gasteiger partial charge in [0.1, 0.15) is 0 Å². The summed E-state index contributed by atoms with van der Waals surface area (Å²) in [5.74, 6) is 0. The summed E-state index contributed by atoms with van der Waals surface area (Å²) in [6, 6.07) is 62.0. The van der Waals surface area contributed by atoms with Crippen molar-refractivity contribution in [1.29, 1.82) is 0 Å². The molecule has 0 spiro atoms. The lowest BCUT2D eigenvalue weighted by Gasteiger charge is -2.16. The Morgan fingerprint density at radius 3 is 1.50 bits per heavy atom. The fraction of sp³-hybridized carbons (Fsp3) is 0. The monoisotopic (exact) mass is 584 g/mol. The van der Waals surface area contributed by atoms with Gasteiger partial charge in [-0.3, -0.25) is 0 Å². The van der Waals surface area contributed by atoms with Gasteiger partial charge in [-0.25, -0.2) is 0 Å². The molecule has 0 bridgehead atoms. The topological polar surface area (TPSA) is 9.86 Å². The van der Waals surface area contributed by atoms with Gasteiger partial charge >= 0.3 is 0 Å². The minimum Gasteiger partial charge on any atom is -0.309 e. The third-order valence-corrected chi connectivity index (χ3v) is 9.66. The highest BCUT2D eigenvalue weighted by Crippen LogP contribution is 2.41. The van der Waals surface area contributed by atoms with E-state index < -0.39 is 0 Å². The molecule has 2 heteroatoms. The Labute approximate surface area is 266 Å². The van der Waals surface area contributed by atoms with Gasteiger partial charge in [0.25, 0.3) is 0 Å². The van der Waals surface area contributed by atoms with Crippen molar-refractivity contribution in [3.05, 3.63) is 170 Å². The van der Waals surface area contributed by atoms with Crippen LogP contribution >= 0.6 is 0 Å². The molecule has 0 saturated carbocycles. The van der Waals surface area contributed by atoms with Crippen LogP contribution in [0, 0.1) is 0 Å². The van der Waals surface area contributed by atoms with E-state index in [1.165, 1.54) is 87.7 Å². The van der Waals surface area contributed by atoms with Crippen LogP contribution in [-0.4, -0.2) is 9.13 Å². The van der Waals surface area contributed by atoms with Gasteiger partial charge in [-0.15, -0.1) is 0 Å². The quantitative estimate of drug-likeness (QED) is 0.183. The van der Waals surface area contributed by atoms with Crippen molar-refractivity contribution in [3.63, 3.8) is 0 Å². The number of aromatic nitrogens is 2. The molecule has 0 aliphatic carbocycles. The summed E-state index contributed by atoms with van der Waals surface area (Å²) < 4.78 is 4.87. The molecule has 0 unspecified atom stereocenters. The minimum atomic E-state index is 1.18. The van der Waals surface area contributed by atoms with Gasteiger partial charge in [-0.2, -0.15) is 0 Å². The van der Waals surface area contributed by atoms with Crippen LogP contribution in [0.1, 0.15) is 0 Å². The molecule has 0 aliphatic heterocycles. The first-order valence-electron chi connectivity index (χ1n) is 15.9. The zero-order valence-corrected chi connectivity index (χ0v) is 25.1. The Hall–Kier alpha value is -6.12. The van der Waals surface area contributed by atoms with Crippen molar-refractivity contribution < 1.29 is 0 Å². The molecule has 10 aromatic rings. The minimum absolute atomic E-state index is 1.18. The van der Waals surface area contributed by atoms with Gasteiger partial charge in [-0.05, 0) is 70.4 Å². The second-order valence-corrected chi connectivity index (χ2v) is 12.2. The Bertz CT molecular complexity index is 2740. The lowest BCUT2D eigenvalue weighted by molar-refractivity contribution is 1.18. The summed E-state index contributed by atoms with van der Waals surface area (Å²) in [6.45, 7) is 0. The molecule has 2 aromatic heterocycles. The van der Waals surface area contributed by atoms with Gasteiger partial charge in [0, 0.05) is 38.0 Å². The predicted octanol–water partition coefficient (Wildman–Crippen LogP) is 11.9. The van der Waals surface area contributed by atoms with E-state index in [2.05, 4.69) is 179 Å². The van der Waals surface area contributed by atoms with Crippen molar-refractivity contribution in [2.24, 2.45) is 0 Å². The number of hydrogen-bond acceptors (Lipinski definition) is 0. The molecular formula is C44H28N2. The molecule has 0 aliphatic rings. The molecule has 8 aromatic carbocycles. The number of fused-ring (bicyclic) bond motifs is 8. The van der Waals surface area contributed by atoms with E-state index in [9.17, 15) is 0 Å². The summed E-state index contributed by atoms with van der Waals surface area (Å²) in [6.07, 6.45) is 0. The van der Waals surface area contributed by atoms with Crippen molar-refractivity contribution in [3.8, 4) is 22.5 Å². The van der Waals surface area contributed by atoms with Crippen LogP contribution < -0.4 is 0 Å². The maximum atomic E-state index is 2.50. The maximum Gasteiger partial charge on any atom is 0.0618 e. The van der Waals surface area contributed by atoms with E-state index in [1.807, 2.05) is 0 Å². The van der Waals surface area contributed by atoms with Crippen LogP contribution in [0.3, 0.4) is 0 Å². The summed E-state index contributed by atoms with van der Waals surface area (Å²) in [7, 11) is 0. The van der Waals surface area contributed by atoms with Gasteiger partial charge < -0.3 is 9.13 Å². The first kappa shape index (κ1) is 25.2. The highest BCUT2D eigenvalue weighted by Gasteiger charge is 2.18. The molecule has 214 valence electrons. The normalized spacial score (nSPS) is 11.9. The first-order valence-corrected chi connectivity index (χ1v) is 15.9. The highest BCUT2D eigenvalue weighted by atomic mass is 15.0. The Morgan fingerprint density at radius 2 is 0.783 bits per heavy atom. The lowest BCUT2D eigenvalue weighted by atomic mass is 10.00. The summed E-state index contributed by atoms with van der Waals surface area (Å²) in [5.41, 5.74) is 9.70. The van der Waals surface area contributed by atoms with E-state index in [0.29, 0.717) is 0 Å². The fourth-order valence-electron chi connectivity index (χ4n) is 7.63. The number of para-hydroxylation sites is 3. The summed E-state index contributed by atoms with van der Waals surface area (Å²) in [4.78, 5) is 0. The van der Waals surface area contributed by atoms with E-state index in [-0.39, 0.29) is 0 Å². The predicted molar refractivity (Wildman–Crippen MR) is 196 cm³/mol. The molecular weight excluding hydrogens is 556 g/mol. The average molecular weight is 585 g/mol. The van der Waals surface area contributed by atoms with Crippen LogP contribution in [0.4, 0.5) is 0 Å². The van der Waals surface area contributed by atoms with Gasteiger partial charge in [0.2, 0.25) is 0 Å². The van der Waals surface area contributed by atoms with E-state index in [4.69, 9.17) is 0 Å². The van der Waals surface area contributed by atoms with Gasteiger partial charge in [0.15, 0.2) is 0 Å². The molecule has 0 saturated heterocycles. The zero-order valence-electron chi connectivity index (χ0n) is 25.1. The molecule has 2 nitrogen and oxygen atoms in total. The largest absolute Gasteiger partial charge is 0.309 e. The second-order valence-electron chi connectivity index (χ2n) is 12.2. The Balaban J connectivity index is 1.27. The summed E-state index contributed by atoms with van der Waals surface area (Å²) in [5, 5.41) is 10.1. The molecule has 0 fully saturated rings. The lowest BCUT2D eigenvalue weighted by Crippen LogP contribution is -1.97. The van der Waals surface area contributed by atoms with Crippen LogP contribution in [-0.2, 0) is 0 Å². The Kier molecular flexibility index (Phi) is 5.31. The van der Waals surface area contributed by atoms with Crippen LogP contribution in [0.25, 0.3) is 87.7 Å². The molecule has 0 N–H and O–H groups in total. The number of nitrogens with zero attached hydrogens (tertiary/aromatic N) is 2. The smallest absolute Gasteiger partial charge is 0.0618 e. The number of rotatable bonds is 3. The van der Waals surface area contributed by atoms with E-state index >= 15 is 0 Å². The van der Waals surface area contributed by atoms with Gasteiger partial charge in [-0.1, -0.05) is 121 Å². The fourth-order valence-corrected chi connectivity index (χ4v) is 7.63. The third kappa shape index (κ3) is 3.59. The Morgan fingerprint density at radius 1 is 0.283 bits per heavy atom. The highest BCUT2D eigenvalue weighted by molar-refractivity contribution is 6.16. The van der Waals surface area contributed by atoms with E-state index in [0.717, 1.165) is 0 Å². The first-order chi connectivity index (χ1) is 22.8. The molecule has 2 heterocycles. The zero-order chi connectivity index (χ0) is 30.2. The van der Waals surface area contributed by atoms with Crippen molar-refractivity contribution in [1.82, 2.24) is 9.13 Å². The van der Waals surface area contributed by atoms with Crippen molar-refractivity contribution in [2.45, 2.75) is 0 Å². The second kappa shape index (κ2) is 9.69. The van der Waals surface area contributed by atoms with Crippen LogP contribution in [0.2, 0.25) is 0 Å². The molecule has 10 rings (SSSR count).